The summed E-state index contributed by atoms with van der Waals surface area (Å²) in [5.74, 6) is 0. The summed E-state index contributed by atoms with van der Waals surface area (Å²) in [4.78, 5) is 4.96. The van der Waals surface area contributed by atoms with Gasteiger partial charge in [0, 0.05) is 38.9 Å². The van der Waals surface area contributed by atoms with Gasteiger partial charge in [-0.2, -0.15) is 0 Å². The van der Waals surface area contributed by atoms with Gasteiger partial charge in [-0.15, -0.1) is 0 Å². The van der Waals surface area contributed by atoms with Crippen LogP contribution < -0.4 is 9.80 Å². The maximum Gasteiger partial charge on any atom is 0.0640 e. The average molecular weight is 693 g/mol. The number of hydrogen-bond donors (Lipinski definition) is 0. The fourth-order valence-electron chi connectivity index (χ4n) is 8.57. The smallest absolute Gasteiger partial charge is 0.0640 e. The van der Waals surface area contributed by atoms with E-state index in [2.05, 4.69) is 207 Å². The van der Waals surface area contributed by atoms with Gasteiger partial charge in [0.25, 0.3) is 0 Å². The number of fused-ring (bicyclic) bond motifs is 4. The van der Waals surface area contributed by atoms with E-state index in [9.17, 15) is 0 Å². The summed E-state index contributed by atoms with van der Waals surface area (Å²) in [6, 6.07) is 63.3. The highest BCUT2D eigenvalue weighted by atomic mass is 15.2. The quantitative estimate of drug-likeness (QED) is 0.126. The van der Waals surface area contributed by atoms with E-state index in [1.165, 1.54) is 81.8 Å². The van der Waals surface area contributed by atoms with Gasteiger partial charge in [0.05, 0.1) is 11.4 Å². The molecule has 0 amide bonds. The lowest BCUT2D eigenvalue weighted by Crippen LogP contribution is -2.15. The molecular formula is C52H40N2. The Kier molecular flexibility index (Phi) is 7.42. The molecule has 0 aliphatic carbocycles. The Morgan fingerprint density at radius 1 is 0.278 bits per heavy atom. The van der Waals surface area contributed by atoms with E-state index in [0.717, 1.165) is 28.4 Å². The zero-order valence-corrected chi connectivity index (χ0v) is 31.1. The third kappa shape index (κ3) is 5.02. The Balaban J connectivity index is 1.47. The molecule has 0 saturated carbocycles. The first-order chi connectivity index (χ1) is 26.4. The number of nitrogens with zero attached hydrogens (tertiary/aromatic N) is 2. The van der Waals surface area contributed by atoms with Gasteiger partial charge in [-0.3, -0.25) is 0 Å². The van der Waals surface area contributed by atoms with E-state index in [0.29, 0.717) is 0 Å². The zero-order chi connectivity index (χ0) is 36.5. The highest BCUT2D eigenvalue weighted by Crippen LogP contribution is 2.54. The van der Waals surface area contributed by atoms with Crippen LogP contribution in [-0.4, -0.2) is 0 Å². The normalized spacial score (nSPS) is 11.7. The van der Waals surface area contributed by atoms with Crippen molar-refractivity contribution >= 4 is 88.0 Å². The van der Waals surface area contributed by atoms with Gasteiger partial charge in [-0.05, 0) is 120 Å². The van der Waals surface area contributed by atoms with Crippen molar-refractivity contribution in [3.05, 3.63) is 192 Å². The third-order valence-corrected chi connectivity index (χ3v) is 11.2. The minimum absolute atomic E-state index is 1.12. The van der Waals surface area contributed by atoms with Crippen molar-refractivity contribution in [1.82, 2.24) is 0 Å². The molecule has 0 aromatic heterocycles. The van der Waals surface area contributed by atoms with E-state index >= 15 is 0 Å². The lowest BCUT2D eigenvalue weighted by atomic mass is 9.85. The molecule has 2 heteroatoms. The molecule has 0 spiro atoms. The summed E-state index contributed by atoms with van der Waals surface area (Å²) in [6.07, 6.45) is 0. The second-order valence-electron chi connectivity index (χ2n) is 14.9. The Hall–Kier alpha value is -6.64. The van der Waals surface area contributed by atoms with E-state index in [4.69, 9.17) is 0 Å². The number of aryl methyl sites for hydroxylation is 4. The zero-order valence-electron chi connectivity index (χ0n) is 31.1. The molecule has 54 heavy (non-hydrogen) atoms. The molecule has 0 saturated heterocycles. The number of rotatable bonds is 6. The Bertz CT molecular complexity index is 2900. The highest BCUT2D eigenvalue weighted by molar-refractivity contribution is 6.42. The summed E-state index contributed by atoms with van der Waals surface area (Å²) < 4.78 is 0. The van der Waals surface area contributed by atoms with Gasteiger partial charge in [0.15, 0.2) is 0 Å². The van der Waals surface area contributed by atoms with Gasteiger partial charge < -0.3 is 9.80 Å². The summed E-state index contributed by atoms with van der Waals surface area (Å²) in [5, 5.41) is 12.7. The van der Waals surface area contributed by atoms with Crippen LogP contribution in [0.5, 0.6) is 0 Å². The fraction of sp³-hybridized carbons (Fsp3) is 0.0769. The molecule has 0 unspecified atom stereocenters. The molecule has 0 atom stereocenters. The van der Waals surface area contributed by atoms with Crippen LogP contribution in [0, 0.1) is 27.7 Å². The van der Waals surface area contributed by atoms with Crippen molar-refractivity contribution in [3.8, 4) is 0 Å². The van der Waals surface area contributed by atoms with E-state index in [1.807, 2.05) is 0 Å². The second-order valence-corrected chi connectivity index (χ2v) is 14.9. The van der Waals surface area contributed by atoms with Crippen molar-refractivity contribution in [2.75, 3.05) is 9.80 Å². The molecular weight excluding hydrogens is 653 g/mol. The van der Waals surface area contributed by atoms with Gasteiger partial charge in [0.2, 0.25) is 0 Å². The Morgan fingerprint density at radius 3 is 1.20 bits per heavy atom. The van der Waals surface area contributed by atoms with Crippen molar-refractivity contribution in [2.45, 2.75) is 27.7 Å². The molecule has 10 aromatic rings. The third-order valence-electron chi connectivity index (χ3n) is 11.2. The van der Waals surface area contributed by atoms with E-state index < -0.39 is 0 Å². The SMILES string of the molecule is Cc1ccc(N(c2ccc(C)cc2)c2ccc3c4cccc5cccc(c54)c4c5ccccc5c(N(c5ccc(C)cc5)c5ccc(C)cc5)c2c34)cc1. The van der Waals surface area contributed by atoms with E-state index in [-0.39, 0.29) is 0 Å². The molecule has 10 rings (SSSR count). The summed E-state index contributed by atoms with van der Waals surface area (Å²) >= 11 is 0. The van der Waals surface area contributed by atoms with Crippen LogP contribution in [0.15, 0.2) is 170 Å². The average Bonchev–Trinajstić information content (AvgIpc) is 3.20. The standard InChI is InChI=1S/C52H40N2/c1-33-15-23-38(24-16-33)53(39-25-17-34(2)18-26-39)47-32-31-44-42-13-7-9-37-10-8-14-46(48(37)42)49-43-11-5-6-12-45(43)52(51(47)50(44)49)54(40-27-19-35(3)20-28-40)41-29-21-36(4)22-30-41/h5-32H,1-4H3. The maximum atomic E-state index is 2.50. The molecule has 0 N–H and O–H groups in total. The molecule has 0 aliphatic heterocycles. The van der Waals surface area contributed by atoms with Crippen molar-refractivity contribution in [2.24, 2.45) is 0 Å². The molecule has 0 aliphatic rings. The lowest BCUT2D eigenvalue weighted by Gasteiger charge is -2.33. The second kappa shape index (κ2) is 12.5. The largest absolute Gasteiger partial charge is 0.310 e. The van der Waals surface area contributed by atoms with Crippen molar-refractivity contribution < 1.29 is 0 Å². The molecule has 10 aromatic carbocycles. The first-order valence-corrected chi connectivity index (χ1v) is 18.9. The summed E-state index contributed by atoms with van der Waals surface area (Å²) in [5.41, 5.74) is 11.7. The number of hydrogen-bond acceptors (Lipinski definition) is 2. The van der Waals surface area contributed by atoms with Crippen LogP contribution in [0.1, 0.15) is 22.3 Å². The molecule has 0 bridgehead atoms. The fourth-order valence-corrected chi connectivity index (χ4v) is 8.57. The van der Waals surface area contributed by atoms with Crippen molar-refractivity contribution in [1.29, 1.82) is 0 Å². The maximum absolute atomic E-state index is 2.50. The van der Waals surface area contributed by atoms with Crippen LogP contribution >= 0.6 is 0 Å². The van der Waals surface area contributed by atoms with Gasteiger partial charge >= 0.3 is 0 Å². The molecule has 0 heterocycles. The molecule has 258 valence electrons. The van der Waals surface area contributed by atoms with Gasteiger partial charge in [0.1, 0.15) is 0 Å². The van der Waals surface area contributed by atoms with Crippen LogP contribution in [0.25, 0.3) is 53.9 Å². The first-order valence-electron chi connectivity index (χ1n) is 18.9. The van der Waals surface area contributed by atoms with E-state index in [1.54, 1.807) is 0 Å². The van der Waals surface area contributed by atoms with Crippen LogP contribution in [0.4, 0.5) is 34.1 Å². The van der Waals surface area contributed by atoms with Crippen LogP contribution in [-0.2, 0) is 0 Å². The predicted octanol–water partition coefficient (Wildman–Crippen LogP) is 15.1. The van der Waals surface area contributed by atoms with Crippen LogP contribution in [0.3, 0.4) is 0 Å². The highest BCUT2D eigenvalue weighted by Gasteiger charge is 2.28. The first kappa shape index (κ1) is 32.0. The number of anilines is 6. The van der Waals surface area contributed by atoms with Gasteiger partial charge in [-0.1, -0.05) is 138 Å². The number of benzene rings is 10. The summed E-state index contributed by atoms with van der Waals surface area (Å²) in [6.45, 7) is 8.64. The van der Waals surface area contributed by atoms with Crippen LogP contribution in [0.2, 0.25) is 0 Å². The Labute approximate surface area is 316 Å². The molecule has 2 nitrogen and oxygen atoms in total. The molecule has 0 radical (unpaired) electrons. The topological polar surface area (TPSA) is 6.48 Å². The summed E-state index contributed by atoms with van der Waals surface area (Å²) in [7, 11) is 0. The predicted molar refractivity (Wildman–Crippen MR) is 233 cm³/mol. The molecule has 0 fully saturated rings. The monoisotopic (exact) mass is 692 g/mol. The van der Waals surface area contributed by atoms with Gasteiger partial charge in [-0.25, -0.2) is 0 Å². The minimum atomic E-state index is 1.12. The minimum Gasteiger partial charge on any atom is -0.310 e. The van der Waals surface area contributed by atoms with Crippen molar-refractivity contribution in [3.63, 3.8) is 0 Å². The Morgan fingerprint density at radius 2 is 0.685 bits per heavy atom. The lowest BCUT2D eigenvalue weighted by molar-refractivity contribution is 1.27.